The molecule has 164 valence electrons. The van der Waals surface area contributed by atoms with E-state index in [4.69, 9.17) is 5.73 Å². The lowest BCUT2D eigenvalue weighted by atomic mass is 10.0. The molecule has 0 aliphatic carbocycles. The van der Waals surface area contributed by atoms with Gasteiger partial charge in [-0.3, -0.25) is 9.78 Å². The number of aromatic nitrogens is 2. The SMILES string of the molecule is Cc1cc2cc(C(=O)N(Cc3ccc(C(F)(F)F)cn3)[C@H](C)C(C)C)ccc2nc1N. The Morgan fingerprint density at radius 2 is 1.84 bits per heavy atom. The smallest absolute Gasteiger partial charge is 0.383 e. The summed E-state index contributed by atoms with van der Waals surface area (Å²) < 4.78 is 38.5. The van der Waals surface area contributed by atoms with E-state index < -0.39 is 11.7 Å². The second-order valence-electron chi connectivity index (χ2n) is 8.05. The molecule has 2 aromatic heterocycles. The fourth-order valence-electron chi connectivity index (χ4n) is 3.22. The molecule has 2 N–H and O–H groups in total. The van der Waals surface area contributed by atoms with Gasteiger partial charge in [0.15, 0.2) is 0 Å². The van der Waals surface area contributed by atoms with Crippen LogP contribution in [0.3, 0.4) is 0 Å². The van der Waals surface area contributed by atoms with Gasteiger partial charge in [-0.15, -0.1) is 0 Å². The van der Waals surface area contributed by atoms with E-state index in [0.717, 1.165) is 23.2 Å². The third kappa shape index (κ3) is 4.95. The van der Waals surface area contributed by atoms with E-state index >= 15 is 0 Å². The minimum Gasteiger partial charge on any atom is -0.383 e. The van der Waals surface area contributed by atoms with Crippen LogP contribution in [0.2, 0.25) is 0 Å². The van der Waals surface area contributed by atoms with Crippen LogP contribution in [0.5, 0.6) is 0 Å². The number of hydrogen-bond acceptors (Lipinski definition) is 4. The Morgan fingerprint density at radius 1 is 1.13 bits per heavy atom. The number of nitrogens with two attached hydrogens (primary N) is 1. The minimum absolute atomic E-state index is 0.105. The number of benzene rings is 1. The van der Waals surface area contributed by atoms with Crippen LogP contribution >= 0.6 is 0 Å². The molecule has 0 aliphatic rings. The molecule has 31 heavy (non-hydrogen) atoms. The molecule has 0 fully saturated rings. The van der Waals surface area contributed by atoms with E-state index in [1.165, 1.54) is 6.07 Å². The zero-order valence-corrected chi connectivity index (χ0v) is 17.9. The number of rotatable bonds is 5. The summed E-state index contributed by atoms with van der Waals surface area (Å²) in [5, 5.41) is 0.794. The van der Waals surface area contributed by atoms with Gasteiger partial charge < -0.3 is 10.6 Å². The first kappa shape index (κ1) is 22.5. The summed E-state index contributed by atoms with van der Waals surface area (Å²) in [5.41, 5.74) is 7.41. The second kappa shape index (κ2) is 8.53. The third-order valence-electron chi connectivity index (χ3n) is 5.49. The highest BCUT2D eigenvalue weighted by Crippen LogP contribution is 2.29. The highest BCUT2D eigenvalue weighted by Gasteiger charge is 2.31. The van der Waals surface area contributed by atoms with E-state index in [1.54, 1.807) is 23.1 Å². The van der Waals surface area contributed by atoms with Gasteiger partial charge >= 0.3 is 6.18 Å². The molecule has 0 bridgehead atoms. The summed E-state index contributed by atoms with van der Waals surface area (Å²) in [5.74, 6) is 0.358. The van der Waals surface area contributed by atoms with Crippen LogP contribution in [-0.4, -0.2) is 26.8 Å². The lowest BCUT2D eigenvalue weighted by molar-refractivity contribution is -0.137. The monoisotopic (exact) mass is 430 g/mol. The van der Waals surface area contributed by atoms with Gasteiger partial charge in [0, 0.05) is 23.2 Å². The van der Waals surface area contributed by atoms with E-state index in [1.807, 2.05) is 33.8 Å². The van der Waals surface area contributed by atoms with Crippen molar-refractivity contribution in [2.75, 3.05) is 5.73 Å². The van der Waals surface area contributed by atoms with Crippen molar-refractivity contribution in [3.63, 3.8) is 0 Å². The number of carbonyl (C=O) groups excluding carboxylic acids is 1. The van der Waals surface area contributed by atoms with Gasteiger partial charge in [-0.05, 0) is 61.7 Å². The summed E-state index contributed by atoms with van der Waals surface area (Å²) in [6, 6.07) is 9.21. The highest BCUT2D eigenvalue weighted by molar-refractivity contribution is 5.98. The van der Waals surface area contributed by atoms with Crippen molar-refractivity contribution in [1.82, 2.24) is 14.9 Å². The first-order chi connectivity index (χ1) is 14.5. The standard InChI is InChI=1S/C23H25F3N4O/c1-13(2)15(4)30(12-19-7-6-18(11-28-19)23(24,25)26)22(31)16-5-8-20-17(10-16)9-14(3)21(27)29-20/h5-11,13,15H,12H2,1-4H3,(H2,27,29)/t15-/m1/s1. The molecule has 1 amide bonds. The number of fused-ring (bicyclic) bond motifs is 1. The van der Waals surface area contributed by atoms with Crippen molar-refractivity contribution in [2.45, 2.75) is 46.5 Å². The molecule has 0 unspecified atom stereocenters. The maximum absolute atomic E-state index is 13.4. The number of carbonyl (C=O) groups is 1. The van der Waals surface area contributed by atoms with Crippen molar-refractivity contribution in [2.24, 2.45) is 5.92 Å². The predicted octanol–water partition coefficient (Wildman–Crippen LogP) is 5.23. The van der Waals surface area contributed by atoms with E-state index in [2.05, 4.69) is 9.97 Å². The molecular formula is C23H25F3N4O. The predicted molar refractivity (Wildman–Crippen MR) is 114 cm³/mol. The van der Waals surface area contributed by atoms with Crippen molar-refractivity contribution in [3.8, 4) is 0 Å². The van der Waals surface area contributed by atoms with Crippen molar-refractivity contribution in [3.05, 3.63) is 65.0 Å². The maximum Gasteiger partial charge on any atom is 0.417 e. The van der Waals surface area contributed by atoms with E-state index in [-0.39, 0.29) is 24.4 Å². The largest absolute Gasteiger partial charge is 0.417 e. The Balaban J connectivity index is 1.94. The number of halogens is 3. The molecule has 1 atom stereocenters. The first-order valence-corrected chi connectivity index (χ1v) is 9.97. The van der Waals surface area contributed by atoms with Crippen LogP contribution in [0, 0.1) is 12.8 Å². The van der Waals surface area contributed by atoms with Crippen LogP contribution in [0.4, 0.5) is 19.0 Å². The minimum atomic E-state index is -4.45. The Kier molecular flexibility index (Phi) is 6.20. The molecule has 8 heteroatoms. The van der Waals surface area contributed by atoms with Gasteiger partial charge in [0.2, 0.25) is 0 Å². The summed E-state index contributed by atoms with van der Waals surface area (Å²) >= 11 is 0. The van der Waals surface area contributed by atoms with Gasteiger partial charge in [-0.1, -0.05) is 13.8 Å². The number of nitrogens with zero attached hydrogens (tertiary/aromatic N) is 3. The quantitative estimate of drug-likeness (QED) is 0.602. The van der Waals surface area contributed by atoms with Gasteiger partial charge in [-0.2, -0.15) is 13.2 Å². The number of anilines is 1. The first-order valence-electron chi connectivity index (χ1n) is 9.97. The van der Waals surface area contributed by atoms with Crippen LogP contribution in [0.1, 0.15) is 48.0 Å². The van der Waals surface area contributed by atoms with Gasteiger partial charge in [0.1, 0.15) is 5.82 Å². The summed E-state index contributed by atoms with van der Waals surface area (Å²) in [6.45, 7) is 7.84. The zero-order valence-electron chi connectivity index (χ0n) is 17.9. The maximum atomic E-state index is 13.4. The van der Waals surface area contributed by atoms with Crippen LogP contribution in [-0.2, 0) is 12.7 Å². The second-order valence-corrected chi connectivity index (χ2v) is 8.05. The molecule has 3 aromatic rings. The fourth-order valence-corrected chi connectivity index (χ4v) is 3.22. The molecule has 3 rings (SSSR count). The molecule has 0 aliphatic heterocycles. The normalized spacial score (nSPS) is 12.9. The van der Waals surface area contributed by atoms with Crippen molar-refractivity contribution >= 4 is 22.6 Å². The molecule has 0 radical (unpaired) electrons. The Labute approximate surface area is 179 Å². The van der Waals surface area contributed by atoms with Crippen LogP contribution < -0.4 is 5.73 Å². The highest BCUT2D eigenvalue weighted by atomic mass is 19.4. The molecular weight excluding hydrogens is 405 g/mol. The lowest BCUT2D eigenvalue weighted by Crippen LogP contribution is -2.41. The number of pyridine rings is 2. The van der Waals surface area contributed by atoms with E-state index in [9.17, 15) is 18.0 Å². The molecule has 2 heterocycles. The van der Waals surface area contributed by atoms with Crippen LogP contribution in [0.15, 0.2) is 42.6 Å². The number of alkyl halides is 3. The van der Waals surface area contributed by atoms with Crippen LogP contribution in [0.25, 0.3) is 10.9 Å². The average molecular weight is 430 g/mol. The lowest BCUT2D eigenvalue weighted by Gasteiger charge is -2.32. The van der Waals surface area contributed by atoms with Gasteiger partial charge in [0.25, 0.3) is 5.91 Å². The third-order valence-corrected chi connectivity index (χ3v) is 5.49. The molecule has 1 aromatic carbocycles. The van der Waals surface area contributed by atoms with E-state index in [0.29, 0.717) is 22.6 Å². The Bertz CT molecular complexity index is 1090. The zero-order chi connectivity index (χ0) is 22.9. The summed E-state index contributed by atoms with van der Waals surface area (Å²) in [7, 11) is 0. The summed E-state index contributed by atoms with van der Waals surface area (Å²) in [4.78, 5) is 23.3. The number of aryl methyl sites for hydroxylation is 1. The Hall–Kier alpha value is -3.16. The topological polar surface area (TPSA) is 72.1 Å². The molecule has 0 saturated heterocycles. The number of hydrogen-bond donors (Lipinski definition) is 1. The molecule has 0 saturated carbocycles. The fraction of sp³-hybridized carbons (Fsp3) is 0.348. The van der Waals surface area contributed by atoms with Crippen molar-refractivity contribution < 1.29 is 18.0 Å². The molecule has 0 spiro atoms. The van der Waals surface area contributed by atoms with Gasteiger partial charge in [0.05, 0.1) is 23.3 Å². The Morgan fingerprint density at radius 3 is 2.42 bits per heavy atom. The molecule has 5 nitrogen and oxygen atoms in total. The van der Waals surface area contributed by atoms with Crippen molar-refractivity contribution in [1.29, 1.82) is 0 Å². The van der Waals surface area contributed by atoms with Gasteiger partial charge in [-0.25, -0.2) is 4.98 Å². The average Bonchev–Trinajstić information content (AvgIpc) is 2.71. The number of amides is 1. The number of nitrogen functional groups attached to an aromatic ring is 1. The summed E-state index contributed by atoms with van der Waals surface area (Å²) in [6.07, 6.45) is -3.65.